The summed E-state index contributed by atoms with van der Waals surface area (Å²) in [6.07, 6.45) is 0. The Morgan fingerprint density at radius 3 is 2.69 bits per heavy atom. The van der Waals surface area contributed by atoms with E-state index in [0.717, 1.165) is 10.9 Å². The maximum atomic E-state index is 12.8. The zero-order valence-corrected chi connectivity index (χ0v) is 7.76. The molecule has 2 rings (SSSR count). The van der Waals surface area contributed by atoms with E-state index >= 15 is 0 Å². The van der Waals surface area contributed by atoms with Crippen LogP contribution in [0.15, 0.2) is 24.3 Å². The Labute approximate surface area is 76.6 Å². The van der Waals surface area contributed by atoms with E-state index in [-0.39, 0.29) is 5.95 Å². The van der Waals surface area contributed by atoms with Crippen LogP contribution < -0.4 is 0 Å². The average molecular weight is 177 g/mol. The maximum Gasteiger partial charge on any atom is 0.192 e. The van der Waals surface area contributed by atoms with Gasteiger partial charge in [0.2, 0.25) is 0 Å². The van der Waals surface area contributed by atoms with Crippen LogP contribution in [0.4, 0.5) is 4.39 Å². The Morgan fingerprint density at radius 2 is 2.00 bits per heavy atom. The Bertz CT molecular complexity index is 429. The molecular formula is C11H12FN. The fourth-order valence-corrected chi connectivity index (χ4v) is 1.47. The molecule has 1 heterocycles. The van der Waals surface area contributed by atoms with E-state index in [1.165, 1.54) is 11.6 Å². The van der Waals surface area contributed by atoms with Crippen molar-refractivity contribution in [3.8, 4) is 0 Å². The summed E-state index contributed by atoms with van der Waals surface area (Å²) in [4.78, 5) is 2.66. The summed E-state index contributed by atoms with van der Waals surface area (Å²) in [7, 11) is 0. The molecule has 0 atom stereocenters. The van der Waals surface area contributed by atoms with E-state index in [0.29, 0.717) is 5.92 Å². The number of benzene rings is 1. The summed E-state index contributed by atoms with van der Waals surface area (Å²) in [5.41, 5.74) is 2.11. The second-order valence-electron chi connectivity index (χ2n) is 3.62. The van der Waals surface area contributed by atoms with Crippen molar-refractivity contribution in [3.63, 3.8) is 0 Å². The van der Waals surface area contributed by atoms with Gasteiger partial charge in [0, 0.05) is 17.0 Å². The first-order chi connectivity index (χ1) is 6.16. The van der Waals surface area contributed by atoms with E-state index in [9.17, 15) is 4.39 Å². The minimum atomic E-state index is -0.268. The zero-order valence-electron chi connectivity index (χ0n) is 7.76. The van der Waals surface area contributed by atoms with Gasteiger partial charge in [-0.05, 0) is 23.6 Å². The van der Waals surface area contributed by atoms with Crippen molar-refractivity contribution in [1.82, 2.24) is 4.98 Å². The Kier molecular flexibility index (Phi) is 1.83. The second-order valence-corrected chi connectivity index (χ2v) is 3.62. The van der Waals surface area contributed by atoms with Crippen LogP contribution in [-0.4, -0.2) is 4.98 Å². The molecule has 0 radical (unpaired) electrons. The Hall–Kier alpha value is -1.31. The van der Waals surface area contributed by atoms with Crippen LogP contribution in [0.5, 0.6) is 0 Å². The van der Waals surface area contributed by atoms with Gasteiger partial charge in [0.05, 0.1) is 0 Å². The van der Waals surface area contributed by atoms with Gasteiger partial charge in [-0.3, -0.25) is 0 Å². The van der Waals surface area contributed by atoms with Gasteiger partial charge in [-0.15, -0.1) is 0 Å². The molecule has 1 aromatic carbocycles. The highest BCUT2D eigenvalue weighted by atomic mass is 19.1. The van der Waals surface area contributed by atoms with Gasteiger partial charge in [-0.25, -0.2) is 0 Å². The van der Waals surface area contributed by atoms with Crippen LogP contribution in [0.25, 0.3) is 10.9 Å². The van der Waals surface area contributed by atoms with E-state index in [1.54, 1.807) is 0 Å². The second kappa shape index (κ2) is 2.87. The molecule has 68 valence electrons. The number of halogens is 1. The number of nitrogens with one attached hydrogen (secondary N) is 1. The third kappa shape index (κ3) is 1.44. The lowest BCUT2D eigenvalue weighted by atomic mass is 10.0. The predicted molar refractivity (Wildman–Crippen MR) is 52.3 cm³/mol. The number of aromatic nitrogens is 1. The summed E-state index contributed by atoms with van der Waals surface area (Å²) in [5, 5.41) is 0.948. The molecule has 0 bridgehead atoms. The number of rotatable bonds is 1. The molecular weight excluding hydrogens is 165 g/mol. The van der Waals surface area contributed by atoms with Crippen molar-refractivity contribution in [3.05, 3.63) is 35.8 Å². The van der Waals surface area contributed by atoms with Crippen LogP contribution in [0.2, 0.25) is 0 Å². The quantitative estimate of drug-likeness (QED) is 0.686. The molecule has 0 saturated carbocycles. The summed E-state index contributed by atoms with van der Waals surface area (Å²) in [6.45, 7) is 4.26. The summed E-state index contributed by atoms with van der Waals surface area (Å²) >= 11 is 0. The van der Waals surface area contributed by atoms with Gasteiger partial charge in [0.1, 0.15) is 0 Å². The van der Waals surface area contributed by atoms with Crippen molar-refractivity contribution in [1.29, 1.82) is 0 Å². The van der Waals surface area contributed by atoms with Crippen LogP contribution in [0, 0.1) is 5.95 Å². The van der Waals surface area contributed by atoms with Crippen molar-refractivity contribution in [2.75, 3.05) is 0 Å². The van der Waals surface area contributed by atoms with Gasteiger partial charge >= 0.3 is 0 Å². The van der Waals surface area contributed by atoms with E-state index < -0.39 is 0 Å². The molecule has 0 fully saturated rings. The van der Waals surface area contributed by atoms with E-state index in [2.05, 4.69) is 18.8 Å². The van der Waals surface area contributed by atoms with Crippen molar-refractivity contribution < 1.29 is 4.39 Å². The molecule has 0 saturated heterocycles. The normalized spacial score (nSPS) is 11.4. The van der Waals surface area contributed by atoms with Gasteiger partial charge in [-0.2, -0.15) is 4.39 Å². The number of H-pyrrole nitrogens is 1. The van der Waals surface area contributed by atoms with Gasteiger partial charge in [0.25, 0.3) is 0 Å². The molecule has 0 aliphatic rings. The minimum Gasteiger partial charge on any atom is -0.331 e. The van der Waals surface area contributed by atoms with Gasteiger partial charge in [0.15, 0.2) is 5.95 Å². The molecule has 2 aromatic rings. The molecule has 0 unspecified atom stereocenters. The molecule has 0 aliphatic heterocycles. The first-order valence-corrected chi connectivity index (χ1v) is 4.45. The standard InChI is InChI=1S/C11H12FN/c1-7(2)8-3-4-10-9(5-8)6-11(12)13-10/h3-7,13H,1-2H3. The smallest absolute Gasteiger partial charge is 0.192 e. The SMILES string of the molecule is CC(C)c1ccc2[nH]c(F)cc2c1. The van der Waals surface area contributed by atoms with Crippen molar-refractivity contribution >= 4 is 10.9 Å². The predicted octanol–water partition coefficient (Wildman–Crippen LogP) is 3.43. The third-order valence-corrected chi connectivity index (χ3v) is 2.28. The Morgan fingerprint density at radius 1 is 1.23 bits per heavy atom. The monoisotopic (exact) mass is 177 g/mol. The number of aromatic amines is 1. The molecule has 0 amide bonds. The van der Waals surface area contributed by atoms with Crippen LogP contribution in [0.3, 0.4) is 0 Å². The highest BCUT2D eigenvalue weighted by molar-refractivity contribution is 5.80. The molecule has 2 heteroatoms. The molecule has 1 nitrogen and oxygen atoms in total. The van der Waals surface area contributed by atoms with E-state index in [4.69, 9.17) is 0 Å². The van der Waals surface area contributed by atoms with Gasteiger partial charge in [-0.1, -0.05) is 19.9 Å². The van der Waals surface area contributed by atoms with Crippen LogP contribution in [0.1, 0.15) is 25.3 Å². The van der Waals surface area contributed by atoms with Crippen molar-refractivity contribution in [2.45, 2.75) is 19.8 Å². The Balaban J connectivity index is 2.61. The molecule has 0 spiro atoms. The summed E-state index contributed by atoms with van der Waals surface area (Å²) < 4.78 is 12.8. The highest BCUT2D eigenvalue weighted by Crippen LogP contribution is 2.21. The number of hydrogen-bond donors (Lipinski definition) is 1. The summed E-state index contributed by atoms with van der Waals surface area (Å²) in [5.74, 6) is 0.221. The summed E-state index contributed by atoms with van der Waals surface area (Å²) in [6, 6.07) is 7.51. The molecule has 0 aliphatic carbocycles. The molecule has 1 aromatic heterocycles. The van der Waals surface area contributed by atoms with Crippen LogP contribution >= 0.6 is 0 Å². The fraction of sp³-hybridized carbons (Fsp3) is 0.273. The first-order valence-electron chi connectivity index (χ1n) is 4.45. The number of fused-ring (bicyclic) bond motifs is 1. The van der Waals surface area contributed by atoms with Crippen LogP contribution in [-0.2, 0) is 0 Å². The van der Waals surface area contributed by atoms with Gasteiger partial charge < -0.3 is 4.98 Å². The maximum absolute atomic E-state index is 12.8. The lowest BCUT2D eigenvalue weighted by Crippen LogP contribution is -1.85. The zero-order chi connectivity index (χ0) is 9.42. The number of hydrogen-bond acceptors (Lipinski definition) is 0. The fourth-order valence-electron chi connectivity index (χ4n) is 1.47. The lowest BCUT2D eigenvalue weighted by Gasteiger charge is -2.03. The molecule has 13 heavy (non-hydrogen) atoms. The lowest BCUT2D eigenvalue weighted by molar-refractivity contribution is 0.595. The highest BCUT2D eigenvalue weighted by Gasteiger charge is 2.03. The third-order valence-electron chi connectivity index (χ3n) is 2.28. The average Bonchev–Trinajstić information content (AvgIpc) is 2.42. The molecule has 1 N–H and O–H groups in total. The minimum absolute atomic E-state index is 0.268. The topological polar surface area (TPSA) is 15.8 Å². The van der Waals surface area contributed by atoms with E-state index in [1.807, 2.05) is 18.2 Å². The van der Waals surface area contributed by atoms with Crippen molar-refractivity contribution in [2.24, 2.45) is 0 Å². The largest absolute Gasteiger partial charge is 0.331 e. The first kappa shape index (κ1) is 8.30.